The van der Waals surface area contributed by atoms with E-state index in [1.165, 1.54) is 0 Å². The Labute approximate surface area is 171 Å². The number of rotatable bonds is 8. The number of aliphatic hydroxyl groups is 1. The minimum atomic E-state index is -2.71. The summed E-state index contributed by atoms with van der Waals surface area (Å²) in [5.74, 6) is -4.39. The Morgan fingerprint density at radius 3 is 2.60 bits per heavy atom. The van der Waals surface area contributed by atoms with Crippen molar-refractivity contribution in [2.45, 2.75) is 43.4 Å². The molecule has 1 amide bonds. The standard InChI is InChI=1S/C19H25F2N5O4/c20-19(21)6-8-26(9-7-19)11-14(17-24-25-18(29)30-17)23-16(28)15(27)13(22)10-12-4-2-1-3-5-12/h1-5,13-15,27H,6-11,22H2,(H,23,28)(H,25,29)/t13-,14+,15+/m1/s1. The van der Waals surface area contributed by atoms with Crippen LogP contribution < -0.4 is 16.8 Å². The van der Waals surface area contributed by atoms with Gasteiger partial charge < -0.3 is 25.5 Å². The highest BCUT2D eigenvalue weighted by molar-refractivity contribution is 5.81. The first-order valence-corrected chi connectivity index (χ1v) is 9.67. The number of H-pyrrole nitrogens is 1. The van der Waals surface area contributed by atoms with E-state index in [9.17, 15) is 23.5 Å². The summed E-state index contributed by atoms with van der Waals surface area (Å²) in [7, 11) is 0. The number of piperidine rings is 1. The van der Waals surface area contributed by atoms with Gasteiger partial charge in [-0.15, -0.1) is 5.10 Å². The van der Waals surface area contributed by atoms with Crippen LogP contribution in [0.1, 0.15) is 30.3 Å². The normalized spacial score (nSPS) is 19.7. The SMILES string of the molecule is N[C@H](Cc1ccccc1)[C@H](O)C(=O)N[C@@H](CN1CCC(F)(F)CC1)c1n[nH]c(=O)o1. The fourth-order valence-electron chi connectivity index (χ4n) is 3.35. The Kier molecular flexibility index (Phi) is 6.95. The topological polar surface area (TPSA) is 137 Å². The minimum Gasteiger partial charge on any atom is -0.390 e. The maximum Gasteiger partial charge on any atom is 0.434 e. The van der Waals surface area contributed by atoms with Crippen LogP contribution in [0.2, 0.25) is 0 Å². The lowest BCUT2D eigenvalue weighted by molar-refractivity contribution is -0.131. The molecule has 5 N–H and O–H groups in total. The summed E-state index contributed by atoms with van der Waals surface area (Å²) < 4.78 is 31.7. The number of nitrogens with two attached hydrogens (primary N) is 1. The molecule has 0 unspecified atom stereocenters. The summed E-state index contributed by atoms with van der Waals surface area (Å²) in [6.07, 6.45) is -1.85. The first-order chi connectivity index (χ1) is 14.2. The molecule has 30 heavy (non-hydrogen) atoms. The van der Waals surface area contributed by atoms with Crippen molar-refractivity contribution < 1.29 is 23.1 Å². The van der Waals surface area contributed by atoms with E-state index in [1.54, 1.807) is 4.90 Å². The molecule has 164 valence electrons. The van der Waals surface area contributed by atoms with Crippen molar-refractivity contribution >= 4 is 5.91 Å². The molecule has 3 atom stereocenters. The molecule has 1 aromatic carbocycles. The summed E-state index contributed by atoms with van der Waals surface area (Å²) in [4.78, 5) is 25.6. The molecule has 1 fully saturated rings. The molecule has 1 aromatic heterocycles. The van der Waals surface area contributed by atoms with E-state index in [0.717, 1.165) is 5.56 Å². The average Bonchev–Trinajstić information content (AvgIpc) is 3.15. The molecule has 9 nitrogen and oxygen atoms in total. The predicted octanol–water partition coefficient (Wildman–Crippen LogP) is 0.182. The summed E-state index contributed by atoms with van der Waals surface area (Å²) in [6, 6.07) is 7.38. The smallest absolute Gasteiger partial charge is 0.390 e. The fourth-order valence-corrected chi connectivity index (χ4v) is 3.35. The first-order valence-electron chi connectivity index (χ1n) is 9.67. The monoisotopic (exact) mass is 425 g/mol. The Balaban J connectivity index is 1.64. The van der Waals surface area contributed by atoms with Gasteiger partial charge in [-0.05, 0) is 12.0 Å². The minimum absolute atomic E-state index is 0.0935. The maximum atomic E-state index is 13.4. The molecule has 0 radical (unpaired) electrons. The van der Waals surface area contributed by atoms with Gasteiger partial charge >= 0.3 is 5.76 Å². The van der Waals surface area contributed by atoms with E-state index in [0.29, 0.717) is 0 Å². The number of hydrogen-bond donors (Lipinski definition) is 4. The summed E-state index contributed by atoms with van der Waals surface area (Å²) >= 11 is 0. The molecule has 2 aromatic rings. The van der Waals surface area contributed by atoms with Crippen LogP contribution in [0.4, 0.5) is 8.78 Å². The van der Waals surface area contributed by atoms with Crippen molar-refractivity contribution in [1.82, 2.24) is 20.4 Å². The number of aliphatic hydroxyl groups excluding tert-OH is 1. The van der Waals surface area contributed by atoms with Crippen molar-refractivity contribution in [3.05, 3.63) is 52.3 Å². The summed E-state index contributed by atoms with van der Waals surface area (Å²) in [5.41, 5.74) is 6.84. The Hall–Kier alpha value is -2.63. The predicted molar refractivity (Wildman–Crippen MR) is 103 cm³/mol. The summed E-state index contributed by atoms with van der Waals surface area (Å²) in [6.45, 7) is 0.324. The molecule has 0 aliphatic carbocycles. The van der Waals surface area contributed by atoms with Crippen molar-refractivity contribution in [2.24, 2.45) is 5.73 Å². The number of benzene rings is 1. The molecule has 11 heteroatoms. The molecule has 3 rings (SSSR count). The van der Waals surface area contributed by atoms with Gasteiger partial charge in [-0.1, -0.05) is 30.3 Å². The van der Waals surface area contributed by atoms with Crippen molar-refractivity contribution in [3.63, 3.8) is 0 Å². The van der Waals surface area contributed by atoms with Crippen molar-refractivity contribution in [2.75, 3.05) is 19.6 Å². The van der Waals surface area contributed by atoms with Gasteiger partial charge in [0.2, 0.25) is 5.89 Å². The zero-order valence-corrected chi connectivity index (χ0v) is 16.3. The first kappa shape index (κ1) is 22.1. The largest absolute Gasteiger partial charge is 0.434 e. The molecule has 1 saturated heterocycles. The Bertz CT molecular complexity index is 878. The van der Waals surface area contributed by atoms with Crippen LogP contribution in [0.3, 0.4) is 0 Å². The second kappa shape index (κ2) is 9.45. The van der Waals surface area contributed by atoms with E-state index in [1.807, 2.05) is 30.3 Å². The lowest BCUT2D eigenvalue weighted by Crippen LogP contribution is -2.50. The molecule has 2 heterocycles. The van der Waals surface area contributed by atoms with E-state index in [-0.39, 0.29) is 44.8 Å². The molecule has 1 aliphatic heterocycles. The van der Waals surface area contributed by atoms with E-state index in [2.05, 4.69) is 15.5 Å². The van der Waals surface area contributed by atoms with Gasteiger partial charge in [-0.2, -0.15) is 0 Å². The second-order valence-corrected chi connectivity index (χ2v) is 7.47. The quantitative estimate of drug-likeness (QED) is 0.473. The van der Waals surface area contributed by atoms with Crippen molar-refractivity contribution in [1.29, 1.82) is 0 Å². The van der Waals surface area contributed by atoms with Crippen LogP contribution in [0, 0.1) is 0 Å². The van der Waals surface area contributed by atoms with Gasteiger partial charge in [0.1, 0.15) is 12.1 Å². The second-order valence-electron chi connectivity index (χ2n) is 7.47. The number of likely N-dealkylation sites (tertiary alicyclic amines) is 1. The number of halogens is 2. The third-order valence-electron chi connectivity index (χ3n) is 5.09. The number of amides is 1. The van der Waals surface area contributed by atoms with Gasteiger partial charge in [0.15, 0.2) is 0 Å². The van der Waals surface area contributed by atoms with Crippen LogP contribution in [0.5, 0.6) is 0 Å². The lowest BCUT2D eigenvalue weighted by atomic mass is 10.0. The van der Waals surface area contributed by atoms with E-state index >= 15 is 0 Å². The number of aromatic nitrogens is 2. The Morgan fingerprint density at radius 1 is 1.33 bits per heavy atom. The molecule has 0 saturated carbocycles. The van der Waals surface area contributed by atoms with Gasteiger partial charge in [-0.3, -0.25) is 4.79 Å². The number of carbonyl (C=O) groups excluding carboxylic acids is 1. The molecule has 0 bridgehead atoms. The van der Waals surface area contributed by atoms with Gasteiger partial charge in [-0.25, -0.2) is 18.7 Å². The van der Waals surface area contributed by atoms with Gasteiger partial charge in [0.05, 0.1) is 0 Å². The number of alkyl halides is 2. The van der Waals surface area contributed by atoms with Gasteiger partial charge in [0, 0.05) is 38.5 Å². The number of hydrogen-bond acceptors (Lipinski definition) is 7. The van der Waals surface area contributed by atoms with Crippen LogP contribution in [0.25, 0.3) is 0 Å². The van der Waals surface area contributed by atoms with Gasteiger partial charge in [0.25, 0.3) is 11.8 Å². The van der Waals surface area contributed by atoms with Crippen LogP contribution in [0.15, 0.2) is 39.5 Å². The molecule has 0 spiro atoms. The van der Waals surface area contributed by atoms with Crippen LogP contribution in [-0.2, 0) is 11.2 Å². The third kappa shape index (κ3) is 5.94. The maximum absolute atomic E-state index is 13.4. The number of nitrogens with zero attached hydrogens (tertiary/aromatic N) is 2. The number of carbonyl (C=O) groups is 1. The van der Waals surface area contributed by atoms with Crippen LogP contribution in [-0.4, -0.2) is 63.8 Å². The van der Waals surface area contributed by atoms with E-state index < -0.39 is 35.8 Å². The van der Waals surface area contributed by atoms with Crippen LogP contribution >= 0.6 is 0 Å². The fraction of sp³-hybridized carbons (Fsp3) is 0.526. The molecule has 1 aliphatic rings. The average molecular weight is 425 g/mol. The summed E-state index contributed by atoms with van der Waals surface area (Å²) in [5, 5.41) is 18.8. The molecular formula is C19H25F2N5O4. The van der Waals surface area contributed by atoms with E-state index in [4.69, 9.17) is 10.2 Å². The zero-order chi connectivity index (χ0) is 21.7. The lowest BCUT2D eigenvalue weighted by Gasteiger charge is -2.33. The highest BCUT2D eigenvalue weighted by Gasteiger charge is 2.36. The van der Waals surface area contributed by atoms with Crippen molar-refractivity contribution in [3.8, 4) is 0 Å². The number of aromatic amines is 1. The third-order valence-corrected chi connectivity index (χ3v) is 5.09. The highest BCUT2D eigenvalue weighted by atomic mass is 19.3. The Morgan fingerprint density at radius 2 is 2.00 bits per heavy atom. The molecular weight excluding hydrogens is 400 g/mol. The number of nitrogens with one attached hydrogen (secondary N) is 2. The highest BCUT2D eigenvalue weighted by Crippen LogP contribution is 2.28. The zero-order valence-electron chi connectivity index (χ0n) is 16.3.